The number of halogens is 1. The fourth-order valence-corrected chi connectivity index (χ4v) is 5.33. The zero-order chi connectivity index (χ0) is 15.2. The molecule has 4 nitrogen and oxygen atoms in total. The van der Waals surface area contributed by atoms with Crippen molar-refractivity contribution in [2.24, 2.45) is 0 Å². The first-order valence-electron chi connectivity index (χ1n) is 6.54. The summed E-state index contributed by atoms with van der Waals surface area (Å²) in [6.07, 6.45) is 0.682. The molecule has 2 N–H and O–H groups in total. The Bertz CT molecular complexity index is 766. The molecule has 0 fully saturated rings. The Morgan fingerprint density at radius 3 is 2.86 bits per heavy atom. The molecule has 0 saturated carbocycles. The smallest absolute Gasteiger partial charge is 0.243 e. The van der Waals surface area contributed by atoms with E-state index in [2.05, 4.69) is 0 Å². The minimum Gasteiger partial charge on any atom is -0.399 e. The lowest BCUT2D eigenvalue weighted by Gasteiger charge is -2.32. The minimum atomic E-state index is -3.76. The first-order valence-corrected chi connectivity index (χ1v) is 8.86. The normalized spacial score (nSPS) is 19.4. The molecule has 21 heavy (non-hydrogen) atoms. The number of fused-ring (bicyclic) bond motifs is 1. The molecule has 0 radical (unpaired) electrons. The van der Waals surface area contributed by atoms with Gasteiger partial charge in [-0.3, -0.25) is 0 Å². The molecule has 0 aliphatic carbocycles. The molecule has 0 bridgehead atoms. The zero-order valence-corrected chi connectivity index (χ0v) is 13.0. The molecule has 1 aliphatic heterocycles. The van der Waals surface area contributed by atoms with Crippen LogP contribution in [0.5, 0.6) is 0 Å². The summed E-state index contributed by atoms with van der Waals surface area (Å²) in [6, 6.07) is 5.12. The summed E-state index contributed by atoms with van der Waals surface area (Å²) < 4.78 is 40.3. The van der Waals surface area contributed by atoms with E-state index in [1.165, 1.54) is 15.2 Å². The van der Waals surface area contributed by atoms with Crippen LogP contribution in [0.1, 0.15) is 23.4 Å². The number of nitrogens with two attached hydrogens (primary N) is 1. The monoisotopic (exact) mass is 326 g/mol. The number of thiophene rings is 1. The van der Waals surface area contributed by atoms with Crippen molar-refractivity contribution in [1.82, 2.24) is 4.31 Å². The molecule has 2 aromatic rings. The molecule has 1 aromatic heterocycles. The molecular weight excluding hydrogens is 311 g/mol. The Balaban J connectivity index is 2.03. The third-order valence-corrected chi connectivity index (χ3v) is 6.67. The summed E-state index contributed by atoms with van der Waals surface area (Å²) in [6.45, 7) is 2.25. The third-order valence-electron chi connectivity index (χ3n) is 3.72. The summed E-state index contributed by atoms with van der Waals surface area (Å²) >= 11 is 1.64. The topological polar surface area (TPSA) is 63.4 Å². The standard InChI is InChI=1S/C14H15FN2O2S2/c1-9-13-3-5-20-14(13)2-4-17(9)21(18,19)12-7-10(15)6-11(16)8-12/h3,5-9H,2,4,16H2,1H3. The molecular formula is C14H15FN2O2S2. The van der Waals surface area contributed by atoms with Crippen LogP contribution in [0.15, 0.2) is 34.5 Å². The van der Waals surface area contributed by atoms with Gasteiger partial charge < -0.3 is 5.73 Å². The lowest BCUT2D eigenvalue weighted by Crippen LogP contribution is -2.38. The number of hydrogen-bond acceptors (Lipinski definition) is 4. The van der Waals surface area contributed by atoms with Crippen LogP contribution in [0.4, 0.5) is 10.1 Å². The molecule has 0 amide bonds. The van der Waals surface area contributed by atoms with E-state index in [9.17, 15) is 12.8 Å². The van der Waals surface area contributed by atoms with Crippen LogP contribution in [-0.2, 0) is 16.4 Å². The van der Waals surface area contributed by atoms with Crippen molar-refractivity contribution in [3.05, 3.63) is 45.9 Å². The van der Waals surface area contributed by atoms with Gasteiger partial charge in [-0.25, -0.2) is 12.8 Å². The van der Waals surface area contributed by atoms with E-state index in [1.807, 2.05) is 18.4 Å². The maximum atomic E-state index is 13.5. The second-order valence-corrected chi connectivity index (χ2v) is 7.95. The Morgan fingerprint density at radius 1 is 1.38 bits per heavy atom. The van der Waals surface area contributed by atoms with E-state index in [0.29, 0.717) is 13.0 Å². The van der Waals surface area contributed by atoms with E-state index in [0.717, 1.165) is 17.7 Å². The van der Waals surface area contributed by atoms with E-state index in [-0.39, 0.29) is 16.6 Å². The van der Waals surface area contributed by atoms with Crippen molar-refractivity contribution in [2.75, 3.05) is 12.3 Å². The second kappa shape index (κ2) is 5.08. The summed E-state index contributed by atoms with van der Waals surface area (Å²) in [5.74, 6) is -0.644. The third kappa shape index (κ3) is 2.45. The molecule has 2 heterocycles. The Kier molecular flexibility index (Phi) is 3.51. The van der Waals surface area contributed by atoms with Gasteiger partial charge in [0.05, 0.1) is 4.90 Å². The highest BCUT2D eigenvalue weighted by molar-refractivity contribution is 7.89. The quantitative estimate of drug-likeness (QED) is 0.863. The van der Waals surface area contributed by atoms with Gasteiger partial charge >= 0.3 is 0 Å². The molecule has 0 spiro atoms. The summed E-state index contributed by atoms with van der Waals surface area (Å²) in [5, 5.41) is 1.97. The minimum absolute atomic E-state index is 0.0921. The number of nitrogen functional groups attached to an aromatic ring is 1. The van der Waals surface area contributed by atoms with Gasteiger partial charge in [0.1, 0.15) is 5.82 Å². The SMILES string of the molecule is CC1c2ccsc2CCN1S(=O)(=O)c1cc(N)cc(F)c1. The zero-order valence-electron chi connectivity index (χ0n) is 11.4. The predicted octanol–water partition coefficient (Wildman–Crippen LogP) is 2.78. The van der Waals surface area contributed by atoms with Crippen LogP contribution in [0.25, 0.3) is 0 Å². The summed E-state index contributed by atoms with van der Waals surface area (Å²) in [4.78, 5) is 1.12. The van der Waals surface area contributed by atoms with E-state index < -0.39 is 15.8 Å². The second-order valence-electron chi connectivity index (χ2n) is 5.06. The molecule has 3 rings (SSSR count). The van der Waals surface area contributed by atoms with Crippen molar-refractivity contribution in [1.29, 1.82) is 0 Å². The largest absolute Gasteiger partial charge is 0.399 e. The van der Waals surface area contributed by atoms with Crippen molar-refractivity contribution in [3.8, 4) is 0 Å². The van der Waals surface area contributed by atoms with Crippen LogP contribution in [0.2, 0.25) is 0 Å². The Hall–Kier alpha value is -1.44. The molecule has 112 valence electrons. The lowest BCUT2D eigenvalue weighted by molar-refractivity contribution is 0.329. The number of sulfonamides is 1. The van der Waals surface area contributed by atoms with Crippen molar-refractivity contribution in [2.45, 2.75) is 24.3 Å². The van der Waals surface area contributed by atoms with Gasteiger partial charge in [-0.15, -0.1) is 11.3 Å². The number of hydrogen-bond donors (Lipinski definition) is 1. The number of rotatable bonds is 2. The van der Waals surface area contributed by atoms with Crippen molar-refractivity contribution >= 4 is 27.0 Å². The average Bonchev–Trinajstić information content (AvgIpc) is 2.87. The Morgan fingerprint density at radius 2 is 2.14 bits per heavy atom. The van der Waals surface area contributed by atoms with Crippen LogP contribution < -0.4 is 5.73 Å². The van der Waals surface area contributed by atoms with E-state index in [4.69, 9.17) is 5.73 Å². The maximum Gasteiger partial charge on any atom is 0.243 e. The van der Waals surface area contributed by atoms with Gasteiger partial charge in [-0.2, -0.15) is 4.31 Å². The molecule has 1 aromatic carbocycles. The fourth-order valence-electron chi connectivity index (χ4n) is 2.68. The Labute approximate surface area is 127 Å². The maximum absolute atomic E-state index is 13.5. The van der Waals surface area contributed by atoms with Gasteiger partial charge in [0.15, 0.2) is 0 Å². The number of benzene rings is 1. The summed E-state index contributed by atoms with van der Waals surface area (Å²) in [5.41, 5.74) is 6.69. The molecule has 7 heteroatoms. The van der Waals surface area contributed by atoms with Crippen molar-refractivity contribution < 1.29 is 12.8 Å². The van der Waals surface area contributed by atoms with Crippen LogP contribution in [0.3, 0.4) is 0 Å². The van der Waals surface area contributed by atoms with E-state index in [1.54, 1.807) is 11.3 Å². The van der Waals surface area contributed by atoms with Crippen LogP contribution in [0, 0.1) is 5.82 Å². The van der Waals surface area contributed by atoms with Gasteiger partial charge in [-0.05, 0) is 48.6 Å². The van der Waals surface area contributed by atoms with Crippen LogP contribution in [-0.4, -0.2) is 19.3 Å². The highest BCUT2D eigenvalue weighted by Crippen LogP contribution is 2.36. The molecule has 1 atom stereocenters. The van der Waals surface area contributed by atoms with E-state index >= 15 is 0 Å². The molecule has 0 saturated heterocycles. The average molecular weight is 326 g/mol. The van der Waals surface area contributed by atoms with Crippen molar-refractivity contribution in [3.63, 3.8) is 0 Å². The molecule has 1 unspecified atom stereocenters. The number of nitrogens with zero attached hydrogens (tertiary/aromatic N) is 1. The lowest BCUT2D eigenvalue weighted by atomic mass is 10.0. The number of anilines is 1. The first-order chi connectivity index (χ1) is 9.89. The summed E-state index contributed by atoms with van der Waals surface area (Å²) in [7, 11) is -3.76. The van der Waals surface area contributed by atoms with Gasteiger partial charge in [0.2, 0.25) is 10.0 Å². The predicted molar refractivity (Wildman–Crippen MR) is 81.1 cm³/mol. The van der Waals surface area contributed by atoms with Gasteiger partial charge in [0.25, 0.3) is 0 Å². The van der Waals surface area contributed by atoms with Crippen LogP contribution >= 0.6 is 11.3 Å². The molecule has 1 aliphatic rings. The first kappa shape index (κ1) is 14.5. The van der Waals surface area contributed by atoms with Gasteiger partial charge in [0, 0.05) is 23.2 Å². The van der Waals surface area contributed by atoms with Gasteiger partial charge in [-0.1, -0.05) is 0 Å². The highest BCUT2D eigenvalue weighted by Gasteiger charge is 2.34. The fraction of sp³-hybridized carbons (Fsp3) is 0.286. The highest BCUT2D eigenvalue weighted by atomic mass is 32.2.